The molecule has 0 radical (unpaired) electrons. The normalized spacial score (nSPS) is 18.1. The van der Waals surface area contributed by atoms with Crippen LogP contribution >= 0.6 is 0 Å². The summed E-state index contributed by atoms with van der Waals surface area (Å²) in [4.78, 5) is 18.3. The second kappa shape index (κ2) is 9.18. The molecule has 178 valence electrons. The Hall–Kier alpha value is -3.26. The summed E-state index contributed by atoms with van der Waals surface area (Å²) in [5.74, 6) is 2.30. The van der Waals surface area contributed by atoms with Crippen LogP contribution in [0.4, 0.5) is 16.0 Å². The number of rotatable bonds is 5. The fourth-order valence-electron chi connectivity index (χ4n) is 4.42. The molecule has 2 aromatic rings. The third-order valence-electron chi connectivity index (χ3n) is 6.57. The van der Waals surface area contributed by atoms with Crippen molar-refractivity contribution in [3.63, 3.8) is 0 Å². The van der Waals surface area contributed by atoms with Gasteiger partial charge in [-0.1, -0.05) is 31.6 Å². The first-order valence-corrected chi connectivity index (χ1v) is 11.9. The molecule has 2 aliphatic heterocycles. The summed E-state index contributed by atoms with van der Waals surface area (Å²) in [5.41, 5.74) is 3.98. The highest BCUT2D eigenvalue weighted by Gasteiger charge is 2.22. The molecule has 34 heavy (non-hydrogen) atoms. The van der Waals surface area contributed by atoms with E-state index in [2.05, 4.69) is 57.0 Å². The molecule has 7 nitrogen and oxygen atoms in total. The zero-order valence-corrected chi connectivity index (χ0v) is 20.2. The molecule has 0 saturated carbocycles. The fraction of sp³-hybridized carbons (Fsp3) is 0.423. The molecule has 1 aromatic carbocycles. The van der Waals surface area contributed by atoms with Gasteiger partial charge >= 0.3 is 6.01 Å². The summed E-state index contributed by atoms with van der Waals surface area (Å²) in [7, 11) is 2.11. The summed E-state index contributed by atoms with van der Waals surface area (Å²) in [6, 6.07) is 5.60. The van der Waals surface area contributed by atoms with Gasteiger partial charge in [0.05, 0.1) is 6.54 Å². The van der Waals surface area contributed by atoms with Gasteiger partial charge in [0.1, 0.15) is 17.5 Å². The van der Waals surface area contributed by atoms with E-state index >= 15 is 4.39 Å². The first-order valence-electron chi connectivity index (χ1n) is 11.9. The number of nitrogens with zero attached hydrogens (tertiary/aromatic N) is 5. The Morgan fingerprint density at radius 2 is 1.88 bits per heavy atom. The molecular weight excluding hydrogens is 431 g/mol. The maximum Gasteiger partial charge on any atom is 0.326 e. The van der Waals surface area contributed by atoms with Gasteiger partial charge in [-0.25, -0.2) is 4.39 Å². The first kappa shape index (κ1) is 22.5. The van der Waals surface area contributed by atoms with Gasteiger partial charge in [0.2, 0.25) is 0 Å². The molecule has 8 heteroatoms. The lowest BCUT2D eigenvalue weighted by Crippen LogP contribution is -2.44. The van der Waals surface area contributed by atoms with E-state index in [4.69, 9.17) is 4.74 Å². The van der Waals surface area contributed by atoms with Crippen LogP contribution in [0, 0.1) is 11.7 Å². The lowest BCUT2D eigenvalue weighted by molar-refractivity contribution is 0.311. The third kappa shape index (κ3) is 4.68. The van der Waals surface area contributed by atoms with Crippen molar-refractivity contribution >= 4 is 23.5 Å². The Morgan fingerprint density at radius 1 is 1.09 bits per heavy atom. The van der Waals surface area contributed by atoms with Crippen LogP contribution < -0.4 is 15.0 Å². The van der Waals surface area contributed by atoms with Crippen molar-refractivity contribution in [2.75, 3.05) is 50.0 Å². The molecule has 0 atom stereocenters. The Kier molecular flexibility index (Phi) is 6.08. The minimum Gasteiger partial charge on any atom is -0.421 e. The Labute approximate surface area is 200 Å². The molecule has 0 amide bonds. The number of benzene rings is 1. The second-order valence-electron chi connectivity index (χ2n) is 9.60. The molecule has 3 heterocycles. The summed E-state index contributed by atoms with van der Waals surface area (Å²) in [5, 5.41) is 3.30. The van der Waals surface area contributed by atoms with E-state index in [-0.39, 0.29) is 17.6 Å². The molecule has 1 aliphatic carbocycles. The van der Waals surface area contributed by atoms with E-state index in [9.17, 15) is 0 Å². The predicted molar refractivity (Wildman–Crippen MR) is 134 cm³/mol. The number of anilines is 2. The van der Waals surface area contributed by atoms with Crippen LogP contribution in [-0.2, 0) is 6.42 Å². The van der Waals surface area contributed by atoms with Crippen molar-refractivity contribution < 1.29 is 9.13 Å². The van der Waals surface area contributed by atoms with E-state index in [1.807, 2.05) is 25.1 Å². The Balaban J connectivity index is 1.45. The van der Waals surface area contributed by atoms with Crippen molar-refractivity contribution in [2.24, 2.45) is 10.9 Å². The van der Waals surface area contributed by atoms with E-state index in [0.29, 0.717) is 23.8 Å². The molecular formula is C26H31FN6O. The minimum atomic E-state index is -0.373. The summed E-state index contributed by atoms with van der Waals surface area (Å²) >= 11 is 0. The van der Waals surface area contributed by atoms with Gasteiger partial charge in [0.25, 0.3) is 0 Å². The number of aromatic nitrogens is 2. The number of allylic oxidation sites excluding steroid dienone is 1. The lowest BCUT2D eigenvalue weighted by atomic mass is 10.0. The average molecular weight is 463 g/mol. The molecule has 1 aromatic heterocycles. The summed E-state index contributed by atoms with van der Waals surface area (Å²) in [6.07, 6.45) is 4.71. The summed E-state index contributed by atoms with van der Waals surface area (Å²) < 4.78 is 21.1. The van der Waals surface area contributed by atoms with Gasteiger partial charge < -0.3 is 19.9 Å². The van der Waals surface area contributed by atoms with Crippen LogP contribution in [0.2, 0.25) is 0 Å². The Morgan fingerprint density at radius 3 is 2.62 bits per heavy atom. The second-order valence-corrected chi connectivity index (χ2v) is 9.60. The van der Waals surface area contributed by atoms with Crippen molar-refractivity contribution in [3.05, 3.63) is 52.4 Å². The highest BCUT2D eigenvalue weighted by atomic mass is 19.1. The topological polar surface area (TPSA) is 65.9 Å². The smallest absolute Gasteiger partial charge is 0.326 e. The van der Waals surface area contributed by atoms with E-state index < -0.39 is 0 Å². The number of amidine groups is 1. The van der Waals surface area contributed by atoms with Crippen LogP contribution in [0.25, 0.3) is 6.08 Å². The van der Waals surface area contributed by atoms with Gasteiger partial charge in [0.15, 0.2) is 11.6 Å². The van der Waals surface area contributed by atoms with Gasteiger partial charge in [-0.3, -0.25) is 4.99 Å². The molecule has 1 N–H and O–H groups in total. The van der Waals surface area contributed by atoms with Crippen LogP contribution in [0.3, 0.4) is 0 Å². The third-order valence-corrected chi connectivity index (χ3v) is 6.57. The van der Waals surface area contributed by atoms with Gasteiger partial charge in [-0.05, 0) is 49.6 Å². The van der Waals surface area contributed by atoms with Crippen LogP contribution in [0.15, 0.2) is 40.4 Å². The maximum absolute atomic E-state index is 15.2. The van der Waals surface area contributed by atoms with Gasteiger partial charge in [-0.15, -0.1) is 0 Å². The number of hydrogen-bond acceptors (Lipinski definition) is 7. The SMILES string of the molecule is CC1=Cc2c(ccc(Oc3nc(NC4=NCC(C(C)C)=C4)cc(N4CCN(C)CC4)n3)c2F)C1. The number of hydrogen-bond donors (Lipinski definition) is 1. The molecule has 5 rings (SSSR count). The van der Waals surface area contributed by atoms with Crippen molar-refractivity contribution in [2.45, 2.75) is 27.2 Å². The van der Waals surface area contributed by atoms with Crippen molar-refractivity contribution in [3.8, 4) is 11.8 Å². The number of ether oxygens (including phenoxy) is 1. The molecule has 1 fully saturated rings. The quantitative estimate of drug-likeness (QED) is 0.705. The summed E-state index contributed by atoms with van der Waals surface area (Å²) in [6.45, 7) is 10.6. The number of likely N-dealkylation sites (N-methyl/N-ethyl adjacent to an activating group) is 1. The van der Waals surface area contributed by atoms with E-state index in [1.165, 1.54) is 5.57 Å². The number of piperazine rings is 1. The maximum atomic E-state index is 15.2. The fourth-order valence-corrected chi connectivity index (χ4v) is 4.42. The van der Waals surface area contributed by atoms with Crippen molar-refractivity contribution in [1.29, 1.82) is 0 Å². The average Bonchev–Trinajstić information content (AvgIpc) is 3.43. The zero-order valence-electron chi connectivity index (χ0n) is 20.2. The minimum absolute atomic E-state index is 0.114. The molecule has 1 saturated heterocycles. The molecule has 0 unspecified atom stereocenters. The monoisotopic (exact) mass is 462 g/mol. The van der Waals surface area contributed by atoms with Gasteiger partial charge in [0, 0.05) is 37.8 Å². The zero-order chi connectivity index (χ0) is 23.8. The number of nitrogens with one attached hydrogen (secondary N) is 1. The highest BCUT2D eigenvalue weighted by molar-refractivity contribution is 6.05. The lowest BCUT2D eigenvalue weighted by Gasteiger charge is -2.33. The largest absolute Gasteiger partial charge is 0.421 e. The van der Waals surface area contributed by atoms with Gasteiger partial charge in [-0.2, -0.15) is 9.97 Å². The Bertz CT molecular complexity index is 1190. The number of halogens is 1. The molecule has 0 bridgehead atoms. The first-order chi connectivity index (χ1) is 16.4. The van der Waals surface area contributed by atoms with Crippen LogP contribution in [-0.4, -0.2) is 60.5 Å². The van der Waals surface area contributed by atoms with Crippen LogP contribution in [0.5, 0.6) is 11.8 Å². The highest BCUT2D eigenvalue weighted by Crippen LogP contribution is 2.34. The van der Waals surface area contributed by atoms with E-state index in [0.717, 1.165) is 55.4 Å². The predicted octanol–water partition coefficient (Wildman–Crippen LogP) is 4.53. The van der Waals surface area contributed by atoms with E-state index in [1.54, 1.807) is 6.07 Å². The standard InChI is InChI=1S/C26H31FN6O/c1-16(2)19-13-22(28-15-19)29-23-14-24(33-9-7-32(4)8-10-33)31-26(30-23)34-21-6-5-18-11-17(3)12-20(18)25(21)27/h5-6,12-14,16H,7-11,15H2,1-4H3,(H,28,29,30,31). The number of fused-ring (bicyclic) bond motifs is 1. The van der Waals surface area contributed by atoms with Crippen molar-refractivity contribution in [1.82, 2.24) is 14.9 Å². The van der Waals surface area contributed by atoms with Crippen LogP contribution in [0.1, 0.15) is 31.9 Å². The number of aliphatic imine (C=N–C) groups is 1. The molecule has 0 spiro atoms. The molecule has 3 aliphatic rings.